The van der Waals surface area contributed by atoms with Crippen molar-refractivity contribution in [3.63, 3.8) is 0 Å². The van der Waals surface area contributed by atoms with Crippen molar-refractivity contribution in [3.05, 3.63) is 39.9 Å². The second-order valence-corrected chi connectivity index (χ2v) is 5.33. The fourth-order valence-corrected chi connectivity index (χ4v) is 1.94. The minimum absolute atomic E-state index is 0.0739. The van der Waals surface area contributed by atoms with Crippen molar-refractivity contribution in [1.82, 2.24) is 5.32 Å². The SMILES string of the molecule is CC[C@H](C)[C@H](NC(=O)COC(=O)c1ccc([N+](=O)[O-])cc1)C(=O)OC. The van der Waals surface area contributed by atoms with Gasteiger partial charge in [-0.05, 0) is 18.1 Å². The van der Waals surface area contributed by atoms with E-state index in [0.29, 0.717) is 6.42 Å². The van der Waals surface area contributed by atoms with E-state index in [4.69, 9.17) is 4.74 Å². The van der Waals surface area contributed by atoms with Crippen LogP contribution in [-0.4, -0.2) is 42.5 Å². The number of nitro groups is 1. The van der Waals surface area contributed by atoms with Crippen LogP contribution in [0.2, 0.25) is 0 Å². The molecule has 9 heteroatoms. The first-order chi connectivity index (χ1) is 11.8. The van der Waals surface area contributed by atoms with E-state index in [-0.39, 0.29) is 17.2 Å². The molecule has 0 aliphatic heterocycles. The van der Waals surface area contributed by atoms with E-state index in [0.717, 1.165) is 12.1 Å². The van der Waals surface area contributed by atoms with E-state index in [1.54, 1.807) is 6.92 Å². The summed E-state index contributed by atoms with van der Waals surface area (Å²) in [6.45, 7) is 3.06. The van der Waals surface area contributed by atoms with Gasteiger partial charge >= 0.3 is 11.9 Å². The molecule has 1 rings (SSSR count). The molecule has 0 heterocycles. The van der Waals surface area contributed by atoms with Crippen LogP contribution in [0.5, 0.6) is 0 Å². The van der Waals surface area contributed by atoms with E-state index in [9.17, 15) is 24.5 Å². The summed E-state index contributed by atoms with van der Waals surface area (Å²) in [6.07, 6.45) is 0.641. The Bertz CT molecular complexity index is 642. The largest absolute Gasteiger partial charge is 0.467 e. The zero-order valence-corrected chi connectivity index (χ0v) is 14.2. The maximum atomic E-state index is 11.9. The van der Waals surface area contributed by atoms with Crippen LogP contribution in [0.15, 0.2) is 24.3 Å². The normalized spacial score (nSPS) is 12.6. The summed E-state index contributed by atoms with van der Waals surface area (Å²) >= 11 is 0. The van der Waals surface area contributed by atoms with Gasteiger partial charge in [0.1, 0.15) is 6.04 Å². The van der Waals surface area contributed by atoms with Crippen LogP contribution >= 0.6 is 0 Å². The van der Waals surface area contributed by atoms with Gasteiger partial charge in [0.25, 0.3) is 11.6 Å². The van der Waals surface area contributed by atoms with Gasteiger partial charge in [-0.2, -0.15) is 0 Å². The molecule has 0 saturated heterocycles. The average molecular weight is 352 g/mol. The molecule has 1 aromatic rings. The zero-order chi connectivity index (χ0) is 19.0. The number of nitrogens with one attached hydrogen (secondary N) is 1. The predicted octanol–water partition coefficient (Wildman–Crippen LogP) is 1.46. The molecule has 0 fully saturated rings. The molecule has 25 heavy (non-hydrogen) atoms. The minimum atomic E-state index is -0.833. The highest BCUT2D eigenvalue weighted by molar-refractivity contribution is 5.92. The third-order valence-corrected chi connectivity index (χ3v) is 3.63. The maximum absolute atomic E-state index is 11.9. The van der Waals surface area contributed by atoms with Crippen molar-refractivity contribution < 1.29 is 28.8 Å². The molecule has 0 aromatic heterocycles. The van der Waals surface area contributed by atoms with Crippen LogP contribution < -0.4 is 5.32 Å². The number of nitro benzene ring substituents is 1. The molecule has 0 aliphatic carbocycles. The molecule has 0 radical (unpaired) electrons. The van der Waals surface area contributed by atoms with Gasteiger partial charge in [-0.15, -0.1) is 0 Å². The molecule has 1 N–H and O–H groups in total. The van der Waals surface area contributed by atoms with Crippen molar-refractivity contribution in [1.29, 1.82) is 0 Å². The molecule has 136 valence electrons. The zero-order valence-electron chi connectivity index (χ0n) is 14.2. The number of ether oxygens (including phenoxy) is 2. The molecule has 9 nitrogen and oxygen atoms in total. The minimum Gasteiger partial charge on any atom is -0.467 e. The number of non-ortho nitro benzene ring substituents is 1. The van der Waals surface area contributed by atoms with Gasteiger partial charge in [0.05, 0.1) is 17.6 Å². The Morgan fingerprint density at radius 1 is 1.24 bits per heavy atom. The standard InChI is InChI=1S/C16H20N2O7/c1-4-10(2)14(16(21)24-3)17-13(19)9-25-15(20)11-5-7-12(8-6-11)18(22)23/h5-8,10,14H,4,9H2,1-3H3,(H,17,19)/t10-,14-/m0/s1. The van der Waals surface area contributed by atoms with Crippen molar-refractivity contribution in [2.75, 3.05) is 13.7 Å². The highest BCUT2D eigenvalue weighted by Crippen LogP contribution is 2.13. The Morgan fingerprint density at radius 3 is 2.32 bits per heavy atom. The van der Waals surface area contributed by atoms with E-state index in [2.05, 4.69) is 10.1 Å². The van der Waals surface area contributed by atoms with E-state index < -0.39 is 35.4 Å². The molecule has 0 aliphatic rings. The van der Waals surface area contributed by atoms with Crippen molar-refractivity contribution in [2.45, 2.75) is 26.3 Å². The Morgan fingerprint density at radius 2 is 1.84 bits per heavy atom. The maximum Gasteiger partial charge on any atom is 0.338 e. The summed E-state index contributed by atoms with van der Waals surface area (Å²) < 4.78 is 9.49. The molecule has 2 atom stereocenters. The van der Waals surface area contributed by atoms with Crippen LogP contribution in [0, 0.1) is 16.0 Å². The lowest BCUT2D eigenvalue weighted by atomic mass is 9.99. The summed E-state index contributed by atoms with van der Waals surface area (Å²) in [6, 6.07) is 3.95. The number of hydrogen-bond acceptors (Lipinski definition) is 7. The van der Waals surface area contributed by atoms with Crippen LogP contribution in [0.3, 0.4) is 0 Å². The summed E-state index contributed by atoms with van der Waals surface area (Å²) in [5, 5.41) is 13.0. The van der Waals surface area contributed by atoms with Gasteiger partial charge in [-0.25, -0.2) is 9.59 Å². The van der Waals surface area contributed by atoms with Gasteiger partial charge < -0.3 is 14.8 Å². The smallest absolute Gasteiger partial charge is 0.338 e. The average Bonchev–Trinajstić information content (AvgIpc) is 2.62. The molecular weight excluding hydrogens is 332 g/mol. The van der Waals surface area contributed by atoms with Gasteiger partial charge in [0, 0.05) is 12.1 Å². The number of carbonyl (C=O) groups excluding carboxylic acids is 3. The number of amides is 1. The van der Waals surface area contributed by atoms with Crippen LogP contribution in [0.25, 0.3) is 0 Å². The van der Waals surface area contributed by atoms with Crippen LogP contribution in [-0.2, 0) is 19.1 Å². The third-order valence-electron chi connectivity index (χ3n) is 3.63. The number of benzene rings is 1. The quantitative estimate of drug-likeness (QED) is 0.426. The first-order valence-corrected chi connectivity index (χ1v) is 7.58. The number of hydrogen-bond donors (Lipinski definition) is 1. The summed E-state index contributed by atoms with van der Waals surface area (Å²) in [5.74, 6) is -2.18. The number of methoxy groups -OCH3 is 1. The summed E-state index contributed by atoms with van der Waals surface area (Å²) in [4.78, 5) is 45.4. The fraction of sp³-hybridized carbons (Fsp3) is 0.438. The molecule has 0 bridgehead atoms. The summed E-state index contributed by atoms with van der Waals surface area (Å²) in [5.41, 5.74) is -0.0892. The number of rotatable bonds is 8. The lowest BCUT2D eigenvalue weighted by molar-refractivity contribution is -0.384. The lowest BCUT2D eigenvalue weighted by Gasteiger charge is -2.21. The molecule has 1 aromatic carbocycles. The third kappa shape index (κ3) is 5.87. The van der Waals surface area contributed by atoms with E-state index in [1.165, 1.54) is 19.2 Å². The lowest BCUT2D eigenvalue weighted by Crippen LogP contribution is -2.47. The Hall–Kier alpha value is -2.97. The monoisotopic (exact) mass is 352 g/mol. The van der Waals surface area contributed by atoms with Crippen molar-refractivity contribution >= 4 is 23.5 Å². The molecule has 0 saturated carbocycles. The highest BCUT2D eigenvalue weighted by Gasteiger charge is 2.27. The molecule has 1 amide bonds. The van der Waals surface area contributed by atoms with Crippen LogP contribution in [0.1, 0.15) is 30.6 Å². The Kier molecular flexibility index (Phi) is 7.51. The first-order valence-electron chi connectivity index (χ1n) is 7.58. The van der Waals surface area contributed by atoms with Gasteiger partial charge in [0.2, 0.25) is 0 Å². The predicted molar refractivity (Wildman–Crippen MR) is 86.8 cm³/mol. The summed E-state index contributed by atoms with van der Waals surface area (Å²) in [7, 11) is 1.22. The molecule has 0 unspecified atom stereocenters. The van der Waals surface area contributed by atoms with Gasteiger partial charge in [0.15, 0.2) is 6.61 Å². The molecular formula is C16H20N2O7. The van der Waals surface area contributed by atoms with E-state index in [1.807, 2.05) is 6.92 Å². The van der Waals surface area contributed by atoms with Crippen LogP contribution in [0.4, 0.5) is 5.69 Å². The number of nitrogens with zero attached hydrogens (tertiary/aromatic N) is 1. The topological polar surface area (TPSA) is 125 Å². The Labute approximate surface area is 144 Å². The number of carbonyl (C=O) groups is 3. The highest BCUT2D eigenvalue weighted by atomic mass is 16.6. The van der Waals surface area contributed by atoms with Crippen molar-refractivity contribution in [2.24, 2.45) is 5.92 Å². The Balaban J connectivity index is 2.60. The first kappa shape index (κ1) is 20.1. The van der Waals surface area contributed by atoms with Crippen molar-refractivity contribution in [3.8, 4) is 0 Å². The fourth-order valence-electron chi connectivity index (χ4n) is 1.94. The molecule has 0 spiro atoms. The van der Waals surface area contributed by atoms with Gasteiger partial charge in [-0.1, -0.05) is 20.3 Å². The van der Waals surface area contributed by atoms with E-state index >= 15 is 0 Å². The van der Waals surface area contributed by atoms with Gasteiger partial charge in [-0.3, -0.25) is 14.9 Å². The second kappa shape index (κ2) is 9.36. The second-order valence-electron chi connectivity index (χ2n) is 5.33. The number of esters is 2.